The summed E-state index contributed by atoms with van der Waals surface area (Å²) >= 11 is 5.90. The molecule has 2 aromatic carbocycles. The molecule has 1 atom stereocenters. The van der Waals surface area contributed by atoms with Crippen LogP contribution >= 0.6 is 11.6 Å². The molecule has 0 fully saturated rings. The molecule has 0 saturated heterocycles. The predicted molar refractivity (Wildman–Crippen MR) is 88.7 cm³/mol. The van der Waals surface area contributed by atoms with Gasteiger partial charge in [-0.3, -0.25) is 0 Å². The van der Waals surface area contributed by atoms with Crippen LogP contribution in [-0.4, -0.2) is 13.1 Å². The molecule has 0 heterocycles. The number of benzene rings is 2. The first-order valence-electron chi connectivity index (χ1n) is 7.32. The molecule has 1 unspecified atom stereocenters. The van der Waals surface area contributed by atoms with Crippen molar-refractivity contribution >= 4 is 11.6 Å². The molecule has 0 aliphatic rings. The van der Waals surface area contributed by atoms with Gasteiger partial charge in [0.1, 0.15) is 0 Å². The van der Waals surface area contributed by atoms with Crippen LogP contribution in [0.3, 0.4) is 0 Å². The summed E-state index contributed by atoms with van der Waals surface area (Å²) in [6.45, 7) is 6.53. The Kier molecular flexibility index (Phi) is 6.24. The van der Waals surface area contributed by atoms with Crippen LogP contribution in [0.4, 0.5) is 0 Å². The molecule has 3 heteroatoms. The Hall–Kier alpha value is -1.35. The highest BCUT2D eigenvalue weighted by molar-refractivity contribution is 6.30. The summed E-state index contributed by atoms with van der Waals surface area (Å²) in [5.74, 6) is 0. The van der Waals surface area contributed by atoms with E-state index in [2.05, 4.69) is 43.4 Å². The van der Waals surface area contributed by atoms with Crippen LogP contribution in [-0.2, 0) is 11.3 Å². The topological polar surface area (TPSA) is 21.3 Å². The highest BCUT2D eigenvalue weighted by Gasteiger charge is 2.11. The van der Waals surface area contributed by atoms with E-state index in [1.54, 1.807) is 0 Å². The first-order chi connectivity index (χ1) is 10.2. The van der Waals surface area contributed by atoms with E-state index in [1.807, 2.05) is 24.3 Å². The minimum absolute atomic E-state index is 0.0567. The molecule has 2 nitrogen and oxygen atoms in total. The second kappa shape index (κ2) is 8.18. The fourth-order valence-electron chi connectivity index (χ4n) is 2.11. The number of ether oxygens (including phenoxy) is 1. The van der Waals surface area contributed by atoms with Gasteiger partial charge >= 0.3 is 0 Å². The molecule has 21 heavy (non-hydrogen) atoms. The number of hydrogen-bond donors (Lipinski definition) is 1. The minimum Gasteiger partial charge on any atom is -0.368 e. The van der Waals surface area contributed by atoms with Crippen molar-refractivity contribution in [2.45, 2.75) is 26.6 Å². The van der Waals surface area contributed by atoms with Crippen LogP contribution in [0.1, 0.15) is 29.7 Å². The van der Waals surface area contributed by atoms with Crippen molar-refractivity contribution in [1.29, 1.82) is 0 Å². The smallest absolute Gasteiger partial charge is 0.0953 e. The van der Waals surface area contributed by atoms with Crippen molar-refractivity contribution in [2.24, 2.45) is 0 Å². The van der Waals surface area contributed by atoms with E-state index in [4.69, 9.17) is 16.3 Å². The largest absolute Gasteiger partial charge is 0.368 e. The summed E-state index contributed by atoms with van der Waals surface area (Å²) in [6.07, 6.45) is 0.0567. The molecule has 0 aliphatic carbocycles. The third-order valence-corrected chi connectivity index (χ3v) is 3.65. The first-order valence-corrected chi connectivity index (χ1v) is 7.70. The van der Waals surface area contributed by atoms with Crippen molar-refractivity contribution in [2.75, 3.05) is 13.1 Å². The molecule has 0 radical (unpaired) electrons. The number of hydrogen-bond acceptors (Lipinski definition) is 2. The van der Waals surface area contributed by atoms with Gasteiger partial charge in [-0.2, -0.15) is 0 Å². The lowest BCUT2D eigenvalue weighted by atomic mass is 10.1. The Labute approximate surface area is 132 Å². The monoisotopic (exact) mass is 303 g/mol. The molecule has 0 saturated carbocycles. The Bertz CT molecular complexity index is 536. The van der Waals surface area contributed by atoms with Gasteiger partial charge in [0, 0.05) is 11.6 Å². The maximum Gasteiger partial charge on any atom is 0.0953 e. The van der Waals surface area contributed by atoms with Crippen molar-refractivity contribution in [3.8, 4) is 0 Å². The maximum absolute atomic E-state index is 6.09. The van der Waals surface area contributed by atoms with E-state index in [-0.39, 0.29) is 6.10 Å². The Morgan fingerprint density at radius 2 is 1.71 bits per heavy atom. The summed E-state index contributed by atoms with van der Waals surface area (Å²) in [6, 6.07) is 16.3. The average Bonchev–Trinajstić information content (AvgIpc) is 2.50. The number of likely N-dealkylation sites (N-methyl/N-ethyl adjacent to an activating group) is 1. The lowest BCUT2D eigenvalue weighted by molar-refractivity contribution is 0.0401. The Morgan fingerprint density at radius 1 is 1.05 bits per heavy atom. The molecule has 2 aromatic rings. The van der Waals surface area contributed by atoms with Crippen molar-refractivity contribution in [3.05, 3.63) is 70.2 Å². The Balaban J connectivity index is 2.02. The molecule has 0 aliphatic heterocycles. The zero-order chi connectivity index (χ0) is 15.1. The van der Waals surface area contributed by atoms with E-state index in [0.29, 0.717) is 6.61 Å². The average molecular weight is 304 g/mol. The van der Waals surface area contributed by atoms with Gasteiger partial charge < -0.3 is 10.1 Å². The summed E-state index contributed by atoms with van der Waals surface area (Å²) in [7, 11) is 0. The van der Waals surface area contributed by atoms with Gasteiger partial charge in [0.2, 0.25) is 0 Å². The van der Waals surface area contributed by atoms with Gasteiger partial charge in [-0.15, -0.1) is 0 Å². The fourth-order valence-corrected chi connectivity index (χ4v) is 2.23. The molecular formula is C18H22ClNO. The van der Waals surface area contributed by atoms with Crippen LogP contribution in [0.5, 0.6) is 0 Å². The van der Waals surface area contributed by atoms with Gasteiger partial charge in [0.15, 0.2) is 0 Å². The molecule has 0 amide bonds. The second-order valence-electron chi connectivity index (χ2n) is 5.14. The third kappa shape index (κ3) is 5.16. The van der Waals surface area contributed by atoms with Crippen LogP contribution in [0.15, 0.2) is 48.5 Å². The quantitative estimate of drug-likeness (QED) is 0.812. The zero-order valence-electron chi connectivity index (χ0n) is 12.6. The van der Waals surface area contributed by atoms with Gasteiger partial charge in [-0.05, 0) is 36.7 Å². The summed E-state index contributed by atoms with van der Waals surface area (Å²) in [5, 5.41) is 4.11. The number of halogens is 1. The van der Waals surface area contributed by atoms with E-state index in [0.717, 1.165) is 23.7 Å². The van der Waals surface area contributed by atoms with E-state index in [9.17, 15) is 0 Å². The maximum atomic E-state index is 6.09. The highest BCUT2D eigenvalue weighted by Crippen LogP contribution is 2.20. The molecule has 0 spiro atoms. The Morgan fingerprint density at radius 3 is 2.33 bits per heavy atom. The van der Waals surface area contributed by atoms with E-state index < -0.39 is 0 Å². The van der Waals surface area contributed by atoms with Crippen molar-refractivity contribution in [1.82, 2.24) is 5.32 Å². The normalized spacial score (nSPS) is 12.3. The zero-order valence-corrected chi connectivity index (χ0v) is 13.4. The number of aryl methyl sites for hydroxylation is 1. The summed E-state index contributed by atoms with van der Waals surface area (Å²) < 4.78 is 6.09. The SMILES string of the molecule is CCNCC(OCc1ccc(Cl)cc1)c1ccc(C)cc1. The van der Waals surface area contributed by atoms with Crippen LogP contribution in [0.25, 0.3) is 0 Å². The predicted octanol–water partition coefficient (Wildman–Crippen LogP) is 4.52. The molecular weight excluding hydrogens is 282 g/mol. The van der Waals surface area contributed by atoms with Gasteiger partial charge in [-0.1, -0.05) is 60.5 Å². The molecule has 0 bridgehead atoms. The van der Waals surface area contributed by atoms with Crippen LogP contribution in [0.2, 0.25) is 5.02 Å². The van der Waals surface area contributed by atoms with Gasteiger partial charge in [0.05, 0.1) is 12.7 Å². The summed E-state index contributed by atoms with van der Waals surface area (Å²) in [5.41, 5.74) is 3.60. The van der Waals surface area contributed by atoms with Crippen molar-refractivity contribution < 1.29 is 4.74 Å². The fraction of sp³-hybridized carbons (Fsp3) is 0.333. The van der Waals surface area contributed by atoms with Gasteiger partial charge in [-0.25, -0.2) is 0 Å². The number of nitrogens with one attached hydrogen (secondary N) is 1. The van der Waals surface area contributed by atoms with Crippen LogP contribution < -0.4 is 5.32 Å². The molecule has 1 N–H and O–H groups in total. The second-order valence-corrected chi connectivity index (χ2v) is 5.58. The standard InChI is InChI=1S/C18H22ClNO/c1-3-20-12-18(16-8-4-14(2)5-9-16)21-13-15-6-10-17(19)11-7-15/h4-11,18,20H,3,12-13H2,1-2H3. The minimum atomic E-state index is 0.0567. The van der Waals surface area contributed by atoms with E-state index >= 15 is 0 Å². The lowest BCUT2D eigenvalue weighted by Gasteiger charge is -2.19. The molecule has 2 rings (SSSR count). The van der Waals surface area contributed by atoms with Gasteiger partial charge in [0.25, 0.3) is 0 Å². The first kappa shape index (κ1) is 16.0. The molecule has 112 valence electrons. The highest BCUT2D eigenvalue weighted by atomic mass is 35.5. The van der Waals surface area contributed by atoms with Crippen molar-refractivity contribution in [3.63, 3.8) is 0 Å². The summed E-state index contributed by atoms with van der Waals surface area (Å²) in [4.78, 5) is 0. The third-order valence-electron chi connectivity index (χ3n) is 3.39. The van der Waals surface area contributed by atoms with E-state index in [1.165, 1.54) is 11.1 Å². The van der Waals surface area contributed by atoms with Crippen LogP contribution in [0, 0.1) is 6.92 Å². The lowest BCUT2D eigenvalue weighted by Crippen LogP contribution is -2.23. The number of rotatable bonds is 7. The molecule has 0 aromatic heterocycles.